The zero-order chi connectivity index (χ0) is 16.6. The molecule has 0 unspecified atom stereocenters. The van der Waals surface area contributed by atoms with E-state index in [4.69, 9.17) is 12.2 Å². The van der Waals surface area contributed by atoms with Crippen LogP contribution in [0.1, 0.15) is 15.9 Å². The van der Waals surface area contributed by atoms with E-state index in [2.05, 4.69) is 9.72 Å². The summed E-state index contributed by atoms with van der Waals surface area (Å²) in [4.78, 5) is 27.4. The van der Waals surface area contributed by atoms with Crippen LogP contribution >= 0.6 is 12.2 Å². The van der Waals surface area contributed by atoms with Crippen molar-refractivity contribution in [3.63, 3.8) is 0 Å². The Kier molecular flexibility index (Phi) is 3.83. The fourth-order valence-electron chi connectivity index (χ4n) is 2.46. The number of hydrogen-bond donors (Lipinski definition) is 1. The number of fused-ring (bicyclic) bond motifs is 1. The number of nitrogens with one attached hydrogen (secondary N) is 1. The third-order valence-electron chi connectivity index (χ3n) is 3.58. The number of aromatic nitrogens is 2. The van der Waals surface area contributed by atoms with E-state index in [9.17, 15) is 9.59 Å². The molecule has 2 aromatic carbocycles. The second-order valence-corrected chi connectivity index (χ2v) is 5.55. The van der Waals surface area contributed by atoms with Gasteiger partial charge in [-0.05, 0) is 55.0 Å². The van der Waals surface area contributed by atoms with Crippen LogP contribution in [0, 0.1) is 11.7 Å². The minimum Gasteiger partial charge on any atom is -0.465 e. The first-order valence-corrected chi connectivity index (χ1v) is 7.36. The predicted octanol–water partition coefficient (Wildman–Crippen LogP) is 3.14. The van der Waals surface area contributed by atoms with Gasteiger partial charge in [0.1, 0.15) is 0 Å². The molecule has 1 aromatic heterocycles. The van der Waals surface area contributed by atoms with Crippen molar-refractivity contribution < 1.29 is 9.53 Å². The first kappa shape index (κ1) is 15.2. The Morgan fingerprint density at radius 3 is 2.70 bits per heavy atom. The quantitative estimate of drug-likeness (QED) is 0.580. The van der Waals surface area contributed by atoms with Crippen LogP contribution in [0.3, 0.4) is 0 Å². The Morgan fingerprint density at radius 1 is 1.22 bits per heavy atom. The van der Waals surface area contributed by atoms with Crippen LogP contribution in [-0.4, -0.2) is 22.6 Å². The van der Waals surface area contributed by atoms with Crippen molar-refractivity contribution in [3.8, 4) is 5.69 Å². The zero-order valence-electron chi connectivity index (χ0n) is 12.6. The maximum atomic E-state index is 12.8. The lowest BCUT2D eigenvalue weighted by atomic mass is 10.1. The molecule has 0 spiro atoms. The molecule has 0 aliphatic carbocycles. The summed E-state index contributed by atoms with van der Waals surface area (Å²) in [7, 11) is 1.31. The van der Waals surface area contributed by atoms with E-state index in [-0.39, 0.29) is 10.3 Å². The number of carbonyl (C=O) groups is 1. The first-order chi connectivity index (χ1) is 11.0. The molecule has 0 saturated heterocycles. The highest BCUT2D eigenvalue weighted by molar-refractivity contribution is 7.71. The topological polar surface area (TPSA) is 64.1 Å². The average molecular weight is 326 g/mol. The van der Waals surface area contributed by atoms with Gasteiger partial charge >= 0.3 is 5.97 Å². The molecule has 1 heterocycles. The summed E-state index contributed by atoms with van der Waals surface area (Å²) in [6.07, 6.45) is 0. The van der Waals surface area contributed by atoms with Gasteiger partial charge in [0.2, 0.25) is 0 Å². The number of ether oxygens (including phenoxy) is 1. The molecule has 6 heteroatoms. The first-order valence-electron chi connectivity index (χ1n) is 6.95. The number of aryl methyl sites for hydroxylation is 1. The van der Waals surface area contributed by atoms with Crippen molar-refractivity contribution in [1.29, 1.82) is 0 Å². The molecule has 23 heavy (non-hydrogen) atoms. The molecular weight excluding hydrogens is 312 g/mol. The van der Waals surface area contributed by atoms with E-state index in [0.717, 1.165) is 5.56 Å². The molecule has 0 saturated carbocycles. The van der Waals surface area contributed by atoms with Crippen molar-refractivity contribution in [3.05, 3.63) is 68.7 Å². The van der Waals surface area contributed by atoms with E-state index in [1.54, 1.807) is 18.2 Å². The average Bonchev–Trinajstić information content (AvgIpc) is 2.53. The van der Waals surface area contributed by atoms with Gasteiger partial charge in [-0.2, -0.15) is 0 Å². The number of H-pyrrole nitrogens is 1. The van der Waals surface area contributed by atoms with E-state index in [0.29, 0.717) is 22.2 Å². The lowest BCUT2D eigenvalue weighted by molar-refractivity contribution is 0.0601. The van der Waals surface area contributed by atoms with Crippen molar-refractivity contribution in [2.75, 3.05) is 7.11 Å². The van der Waals surface area contributed by atoms with E-state index in [1.807, 2.05) is 31.2 Å². The summed E-state index contributed by atoms with van der Waals surface area (Å²) >= 11 is 5.32. The molecule has 0 aliphatic heterocycles. The van der Waals surface area contributed by atoms with Crippen molar-refractivity contribution in [2.24, 2.45) is 0 Å². The van der Waals surface area contributed by atoms with Gasteiger partial charge in [-0.1, -0.05) is 12.1 Å². The third-order valence-corrected chi connectivity index (χ3v) is 3.86. The van der Waals surface area contributed by atoms with Crippen molar-refractivity contribution in [1.82, 2.24) is 9.55 Å². The Balaban J connectivity index is 2.29. The summed E-state index contributed by atoms with van der Waals surface area (Å²) in [6, 6.07) is 12.3. The lowest BCUT2D eigenvalue weighted by Gasteiger charge is -2.09. The number of hydrogen-bond acceptors (Lipinski definition) is 4. The number of carbonyl (C=O) groups excluding carboxylic acids is 1. The molecule has 0 fully saturated rings. The highest BCUT2D eigenvalue weighted by Crippen LogP contribution is 2.14. The van der Waals surface area contributed by atoms with E-state index in [1.165, 1.54) is 11.7 Å². The van der Waals surface area contributed by atoms with Crippen LogP contribution < -0.4 is 5.56 Å². The zero-order valence-corrected chi connectivity index (χ0v) is 13.4. The summed E-state index contributed by atoms with van der Waals surface area (Å²) in [6.45, 7) is 1.95. The molecule has 3 aromatic rings. The fraction of sp³-hybridized carbons (Fsp3) is 0.118. The molecule has 5 nitrogen and oxygen atoms in total. The van der Waals surface area contributed by atoms with Crippen LogP contribution in [0.2, 0.25) is 0 Å². The van der Waals surface area contributed by atoms with Gasteiger partial charge in [0.25, 0.3) is 5.56 Å². The molecule has 0 aliphatic rings. The van der Waals surface area contributed by atoms with Crippen LogP contribution in [0.15, 0.2) is 47.3 Å². The summed E-state index contributed by atoms with van der Waals surface area (Å²) in [5.41, 5.74) is 2.37. The van der Waals surface area contributed by atoms with Gasteiger partial charge in [-0.15, -0.1) is 0 Å². The van der Waals surface area contributed by atoms with Gasteiger partial charge in [0, 0.05) is 0 Å². The Morgan fingerprint density at radius 2 is 2.00 bits per heavy atom. The highest BCUT2D eigenvalue weighted by Gasteiger charge is 2.11. The van der Waals surface area contributed by atoms with Crippen molar-refractivity contribution >= 4 is 29.1 Å². The number of rotatable bonds is 2. The number of aromatic amines is 1. The number of esters is 1. The van der Waals surface area contributed by atoms with Crippen LogP contribution in [0.5, 0.6) is 0 Å². The smallest absolute Gasteiger partial charge is 0.337 e. The minimum atomic E-state index is -0.464. The molecular formula is C17H14N2O3S. The third kappa shape index (κ3) is 2.68. The van der Waals surface area contributed by atoms with Crippen LogP contribution in [0.25, 0.3) is 16.6 Å². The normalized spacial score (nSPS) is 10.7. The predicted molar refractivity (Wildman–Crippen MR) is 90.8 cm³/mol. The standard InChI is InChI=1S/C17H14N2O3S/c1-10-4-3-5-12(8-10)19-15(20)13-7-6-11(16(21)22-2)9-14(13)18-17(19)23/h3-9H,1-2H3,(H,18,23). The molecule has 0 amide bonds. The van der Waals surface area contributed by atoms with Gasteiger partial charge in [-0.25, -0.2) is 4.79 Å². The number of nitrogens with zero attached hydrogens (tertiary/aromatic N) is 1. The number of benzene rings is 2. The van der Waals surface area contributed by atoms with Crippen LogP contribution in [-0.2, 0) is 4.74 Å². The van der Waals surface area contributed by atoms with Gasteiger partial charge in [0.05, 0.1) is 29.3 Å². The summed E-state index contributed by atoms with van der Waals surface area (Å²) < 4.78 is 6.41. The second-order valence-electron chi connectivity index (χ2n) is 5.16. The van der Waals surface area contributed by atoms with E-state index >= 15 is 0 Å². The second kappa shape index (κ2) is 5.81. The largest absolute Gasteiger partial charge is 0.465 e. The Labute approximate surface area is 137 Å². The summed E-state index contributed by atoms with van der Waals surface area (Å²) in [5.74, 6) is -0.464. The SMILES string of the molecule is COC(=O)c1ccc2c(=O)n(-c3cccc(C)c3)c(=S)[nH]c2c1. The lowest BCUT2D eigenvalue weighted by Crippen LogP contribution is -2.20. The Bertz CT molecular complexity index is 1030. The molecule has 3 rings (SSSR count). The maximum absolute atomic E-state index is 12.8. The highest BCUT2D eigenvalue weighted by atomic mass is 32.1. The monoisotopic (exact) mass is 326 g/mol. The molecule has 1 N–H and O–H groups in total. The van der Waals surface area contributed by atoms with Gasteiger partial charge in [0.15, 0.2) is 4.77 Å². The van der Waals surface area contributed by atoms with Crippen LogP contribution in [0.4, 0.5) is 0 Å². The Hall–Kier alpha value is -2.73. The molecule has 0 bridgehead atoms. The van der Waals surface area contributed by atoms with Gasteiger partial charge in [-0.3, -0.25) is 9.36 Å². The molecule has 0 radical (unpaired) electrons. The van der Waals surface area contributed by atoms with Crippen molar-refractivity contribution in [2.45, 2.75) is 6.92 Å². The minimum absolute atomic E-state index is 0.231. The summed E-state index contributed by atoms with van der Waals surface area (Å²) in [5, 5.41) is 0.452. The molecule has 116 valence electrons. The maximum Gasteiger partial charge on any atom is 0.337 e. The number of methoxy groups -OCH3 is 1. The molecule has 0 atom stereocenters. The fourth-order valence-corrected chi connectivity index (χ4v) is 2.76. The van der Waals surface area contributed by atoms with E-state index < -0.39 is 5.97 Å². The van der Waals surface area contributed by atoms with Gasteiger partial charge < -0.3 is 9.72 Å².